The third-order valence-electron chi connectivity index (χ3n) is 3.64. The van der Waals surface area contributed by atoms with Crippen molar-refractivity contribution in [2.75, 3.05) is 0 Å². The molecule has 0 aliphatic rings. The molecule has 3 aromatic rings. The molecule has 0 amide bonds. The summed E-state index contributed by atoms with van der Waals surface area (Å²) < 4.78 is 5.49. The van der Waals surface area contributed by atoms with E-state index in [0.717, 1.165) is 24.0 Å². The van der Waals surface area contributed by atoms with Gasteiger partial charge in [0.2, 0.25) is 0 Å². The first kappa shape index (κ1) is 13.4. The predicted molar refractivity (Wildman–Crippen MR) is 86.0 cm³/mol. The molecule has 0 saturated carbocycles. The summed E-state index contributed by atoms with van der Waals surface area (Å²) in [4.78, 5) is 0. The molecule has 2 heterocycles. The maximum atomic E-state index is 4.62. The highest BCUT2D eigenvalue weighted by Crippen LogP contribution is 2.22. The second-order valence-electron chi connectivity index (χ2n) is 4.94. The lowest BCUT2D eigenvalue weighted by atomic mass is 10.2. The molecule has 0 fully saturated rings. The molecule has 0 bridgehead atoms. The highest BCUT2D eigenvalue weighted by Gasteiger charge is 2.08. The zero-order valence-electron chi connectivity index (χ0n) is 11.8. The Hall–Kier alpha value is -1.55. The zero-order chi connectivity index (χ0) is 14.1. The van der Waals surface area contributed by atoms with E-state index < -0.39 is 0 Å². The van der Waals surface area contributed by atoms with Crippen LogP contribution >= 0.6 is 15.9 Å². The number of hydrogen-bond acceptors (Lipinski definition) is 1. The van der Waals surface area contributed by atoms with Gasteiger partial charge in [-0.2, -0.15) is 5.10 Å². The maximum absolute atomic E-state index is 4.62. The quantitative estimate of drug-likeness (QED) is 0.701. The standard InChI is InChI=1S/C16H18BrN3/c1-3-14-10-15(20(4-2)18-14)11-19-8-7-12-5-6-13(17)9-16(12)19/h5-10H,3-4,11H2,1-2H3. The number of nitrogens with zero attached hydrogens (tertiary/aromatic N) is 3. The van der Waals surface area contributed by atoms with Gasteiger partial charge in [-0.15, -0.1) is 0 Å². The van der Waals surface area contributed by atoms with E-state index in [1.165, 1.54) is 22.3 Å². The fourth-order valence-electron chi connectivity index (χ4n) is 2.56. The molecule has 3 nitrogen and oxygen atoms in total. The second-order valence-corrected chi connectivity index (χ2v) is 5.86. The van der Waals surface area contributed by atoms with E-state index >= 15 is 0 Å². The molecule has 2 aromatic heterocycles. The van der Waals surface area contributed by atoms with Gasteiger partial charge >= 0.3 is 0 Å². The van der Waals surface area contributed by atoms with Crippen LogP contribution in [-0.2, 0) is 19.5 Å². The Labute approximate surface area is 127 Å². The summed E-state index contributed by atoms with van der Waals surface area (Å²) in [6, 6.07) is 10.8. The van der Waals surface area contributed by atoms with Crippen LogP contribution in [-0.4, -0.2) is 14.3 Å². The highest BCUT2D eigenvalue weighted by atomic mass is 79.9. The van der Waals surface area contributed by atoms with Crippen LogP contribution in [0.5, 0.6) is 0 Å². The summed E-state index contributed by atoms with van der Waals surface area (Å²) in [5.41, 5.74) is 3.68. The summed E-state index contributed by atoms with van der Waals surface area (Å²) in [7, 11) is 0. The van der Waals surface area contributed by atoms with E-state index in [2.05, 4.69) is 80.7 Å². The summed E-state index contributed by atoms with van der Waals surface area (Å²) in [6.45, 7) is 6.06. The summed E-state index contributed by atoms with van der Waals surface area (Å²) in [5.74, 6) is 0. The average Bonchev–Trinajstić information content (AvgIpc) is 3.03. The fraction of sp³-hybridized carbons (Fsp3) is 0.312. The van der Waals surface area contributed by atoms with Crippen molar-refractivity contribution in [3.8, 4) is 0 Å². The van der Waals surface area contributed by atoms with E-state index in [0.29, 0.717) is 0 Å². The Balaban J connectivity index is 2.00. The van der Waals surface area contributed by atoms with Gasteiger partial charge in [-0.05, 0) is 43.0 Å². The maximum Gasteiger partial charge on any atom is 0.0645 e. The first-order valence-electron chi connectivity index (χ1n) is 7.01. The first-order chi connectivity index (χ1) is 9.71. The third-order valence-corrected chi connectivity index (χ3v) is 4.14. The summed E-state index contributed by atoms with van der Waals surface area (Å²) >= 11 is 3.55. The van der Waals surface area contributed by atoms with Gasteiger partial charge in [0.1, 0.15) is 0 Å². The molecule has 0 unspecified atom stereocenters. The molecule has 0 saturated heterocycles. The van der Waals surface area contributed by atoms with Crippen molar-refractivity contribution in [2.45, 2.75) is 33.4 Å². The number of benzene rings is 1. The molecule has 0 aliphatic heterocycles. The van der Waals surface area contributed by atoms with Crippen LogP contribution in [0.15, 0.2) is 41.0 Å². The van der Waals surface area contributed by atoms with Crippen molar-refractivity contribution in [3.05, 3.63) is 52.4 Å². The minimum Gasteiger partial charge on any atom is -0.341 e. The zero-order valence-corrected chi connectivity index (χ0v) is 13.4. The topological polar surface area (TPSA) is 22.8 Å². The molecule has 104 valence electrons. The third kappa shape index (κ3) is 2.40. The van der Waals surface area contributed by atoms with Crippen LogP contribution in [0.1, 0.15) is 25.2 Å². The van der Waals surface area contributed by atoms with Crippen molar-refractivity contribution >= 4 is 26.8 Å². The molecular formula is C16H18BrN3. The van der Waals surface area contributed by atoms with Crippen molar-refractivity contribution in [2.24, 2.45) is 0 Å². The molecule has 0 N–H and O–H groups in total. The number of hydrogen-bond donors (Lipinski definition) is 0. The minimum atomic E-state index is 0.862. The lowest BCUT2D eigenvalue weighted by Gasteiger charge is -2.07. The Morgan fingerprint density at radius 2 is 2.00 bits per heavy atom. The Kier molecular flexibility index (Phi) is 3.66. The summed E-state index contributed by atoms with van der Waals surface area (Å²) in [5, 5.41) is 5.89. The Morgan fingerprint density at radius 1 is 1.15 bits per heavy atom. The first-order valence-corrected chi connectivity index (χ1v) is 7.80. The van der Waals surface area contributed by atoms with Crippen molar-refractivity contribution in [3.63, 3.8) is 0 Å². The molecule has 0 spiro atoms. The van der Waals surface area contributed by atoms with Gasteiger partial charge in [-0.3, -0.25) is 4.68 Å². The molecule has 4 heteroatoms. The van der Waals surface area contributed by atoms with Crippen molar-refractivity contribution in [1.82, 2.24) is 14.3 Å². The van der Waals surface area contributed by atoms with Crippen LogP contribution in [0.25, 0.3) is 10.9 Å². The number of rotatable bonds is 4. The van der Waals surface area contributed by atoms with Crippen LogP contribution in [0.4, 0.5) is 0 Å². The highest BCUT2D eigenvalue weighted by molar-refractivity contribution is 9.10. The van der Waals surface area contributed by atoms with Crippen LogP contribution in [0.3, 0.4) is 0 Å². The lowest BCUT2D eigenvalue weighted by Crippen LogP contribution is -2.07. The van der Waals surface area contributed by atoms with E-state index in [-0.39, 0.29) is 0 Å². The van der Waals surface area contributed by atoms with E-state index in [1.807, 2.05) is 0 Å². The molecule has 0 atom stereocenters. The van der Waals surface area contributed by atoms with E-state index in [4.69, 9.17) is 0 Å². The van der Waals surface area contributed by atoms with Gasteiger partial charge in [-0.1, -0.05) is 28.9 Å². The van der Waals surface area contributed by atoms with Crippen LogP contribution < -0.4 is 0 Å². The minimum absolute atomic E-state index is 0.862. The van der Waals surface area contributed by atoms with Gasteiger partial charge in [0.25, 0.3) is 0 Å². The molecular weight excluding hydrogens is 314 g/mol. The number of aromatic nitrogens is 3. The Morgan fingerprint density at radius 3 is 2.75 bits per heavy atom. The van der Waals surface area contributed by atoms with Gasteiger partial charge in [0.05, 0.1) is 17.9 Å². The predicted octanol–water partition coefficient (Wildman–Crippen LogP) is 4.23. The van der Waals surface area contributed by atoms with Gasteiger partial charge < -0.3 is 4.57 Å². The van der Waals surface area contributed by atoms with E-state index in [9.17, 15) is 0 Å². The average molecular weight is 332 g/mol. The van der Waals surface area contributed by atoms with Crippen LogP contribution in [0, 0.1) is 0 Å². The van der Waals surface area contributed by atoms with E-state index in [1.54, 1.807) is 0 Å². The largest absolute Gasteiger partial charge is 0.341 e. The van der Waals surface area contributed by atoms with Crippen molar-refractivity contribution in [1.29, 1.82) is 0 Å². The monoisotopic (exact) mass is 331 g/mol. The van der Waals surface area contributed by atoms with Gasteiger partial charge in [-0.25, -0.2) is 0 Å². The molecule has 20 heavy (non-hydrogen) atoms. The fourth-order valence-corrected chi connectivity index (χ4v) is 2.91. The normalized spacial score (nSPS) is 11.3. The summed E-state index contributed by atoms with van der Waals surface area (Å²) in [6.07, 6.45) is 3.13. The number of aryl methyl sites for hydroxylation is 2. The number of fused-ring (bicyclic) bond motifs is 1. The second kappa shape index (κ2) is 5.44. The van der Waals surface area contributed by atoms with Gasteiger partial charge in [0.15, 0.2) is 0 Å². The Bertz CT molecular complexity index is 739. The van der Waals surface area contributed by atoms with Gasteiger partial charge in [0, 0.05) is 22.7 Å². The van der Waals surface area contributed by atoms with Crippen LogP contribution in [0.2, 0.25) is 0 Å². The molecule has 0 aliphatic carbocycles. The molecule has 0 radical (unpaired) electrons. The molecule has 3 rings (SSSR count). The smallest absolute Gasteiger partial charge is 0.0645 e. The lowest BCUT2D eigenvalue weighted by molar-refractivity contribution is 0.599. The van der Waals surface area contributed by atoms with Crippen molar-refractivity contribution < 1.29 is 0 Å². The number of halogens is 1. The molecule has 1 aromatic carbocycles. The SMILES string of the molecule is CCc1cc(Cn2ccc3ccc(Br)cc32)n(CC)n1.